The van der Waals surface area contributed by atoms with Crippen LogP contribution in [0.4, 0.5) is 18.2 Å². The molecule has 1 aliphatic heterocycles. The summed E-state index contributed by atoms with van der Waals surface area (Å²) in [7, 11) is 0. The third-order valence-corrected chi connectivity index (χ3v) is 5.23. The van der Waals surface area contributed by atoms with Gasteiger partial charge >= 0.3 is 11.4 Å². The molecule has 7 nitrogen and oxygen atoms in total. The van der Waals surface area contributed by atoms with Gasteiger partial charge in [-0.15, -0.1) is 13.2 Å². The van der Waals surface area contributed by atoms with E-state index in [4.69, 9.17) is 0 Å². The molecule has 3 rings (SSSR count). The number of carbonyl (C=O) groups is 1. The molecule has 0 N–H and O–H groups in total. The molecule has 1 aromatic heterocycles. The van der Waals surface area contributed by atoms with Crippen LogP contribution >= 0.6 is 11.3 Å². The van der Waals surface area contributed by atoms with Gasteiger partial charge in [0.15, 0.2) is 0 Å². The van der Waals surface area contributed by atoms with Gasteiger partial charge < -0.3 is 9.64 Å². The fourth-order valence-electron chi connectivity index (χ4n) is 2.86. The fraction of sp³-hybridized carbons (Fsp3) is 0.353. The molecular weight excluding hydrogens is 399 g/mol. The van der Waals surface area contributed by atoms with E-state index in [0.29, 0.717) is 37.6 Å². The van der Waals surface area contributed by atoms with Gasteiger partial charge in [0.2, 0.25) is 0 Å². The lowest BCUT2D eigenvalue weighted by atomic mass is 10.2. The third-order valence-electron chi connectivity index (χ3n) is 4.21. The number of rotatable bonds is 5. The predicted octanol–water partition coefficient (Wildman–Crippen LogP) is 3.51. The molecule has 0 atom stereocenters. The molecule has 28 heavy (non-hydrogen) atoms. The summed E-state index contributed by atoms with van der Waals surface area (Å²) in [4.78, 5) is 26.7. The third kappa shape index (κ3) is 5.20. The Bertz CT molecular complexity index is 846. The van der Waals surface area contributed by atoms with E-state index in [1.54, 1.807) is 17.0 Å². The molecule has 150 valence electrons. The van der Waals surface area contributed by atoms with Gasteiger partial charge in [-0.05, 0) is 23.8 Å². The Balaban J connectivity index is 1.51. The molecule has 1 fully saturated rings. The number of alkyl halides is 3. The highest BCUT2D eigenvalue weighted by Crippen LogP contribution is 2.26. The van der Waals surface area contributed by atoms with Gasteiger partial charge in [0.1, 0.15) is 5.75 Å². The molecule has 1 aliphatic rings. The van der Waals surface area contributed by atoms with Crippen molar-refractivity contribution < 1.29 is 27.6 Å². The summed E-state index contributed by atoms with van der Waals surface area (Å²) in [5.74, 6) is -0.497. The van der Waals surface area contributed by atoms with E-state index in [0.717, 1.165) is 16.9 Å². The van der Waals surface area contributed by atoms with Gasteiger partial charge in [-0.25, -0.2) is 0 Å². The maximum absolute atomic E-state index is 12.4. The maximum atomic E-state index is 12.4. The van der Waals surface area contributed by atoms with E-state index in [1.165, 1.54) is 24.3 Å². The van der Waals surface area contributed by atoms with Gasteiger partial charge in [-0.1, -0.05) is 23.5 Å². The van der Waals surface area contributed by atoms with E-state index < -0.39 is 11.3 Å². The molecule has 1 amide bonds. The minimum atomic E-state index is -4.71. The first kappa shape index (κ1) is 20.1. The Labute approximate surface area is 162 Å². The maximum Gasteiger partial charge on any atom is 0.573 e. The van der Waals surface area contributed by atoms with Crippen LogP contribution in [0, 0.1) is 10.1 Å². The number of thiophene rings is 1. The smallest absolute Gasteiger partial charge is 0.406 e. The molecule has 0 spiro atoms. The van der Waals surface area contributed by atoms with Crippen LogP contribution in [0.2, 0.25) is 0 Å². The summed E-state index contributed by atoms with van der Waals surface area (Å²) < 4.78 is 40.4. The second-order valence-corrected chi connectivity index (χ2v) is 7.22. The van der Waals surface area contributed by atoms with Crippen molar-refractivity contribution in [3.05, 3.63) is 57.0 Å². The molecule has 0 bridgehead atoms. The number of halogens is 3. The lowest BCUT2D eigenvalue weighted by Crippen LogP contribution is -2.48. The standard InChI is InChI=1S/C17H16F3N3O4S/c18-17(19,20)27-13-3-1-12(2-4-13)11-21-7-9-22(10-8-21)16(24)14-5-6-15(28-14)23(25)26/h1-6H,7-11H2. The van der Waals surface area contributed by atoms with Crippen LogP contribution in [-0.4, -0.2) is 53.2 Å². The van der Waals surface area contributed by atoms with Crippen LogP contribution < -0.4 is 4.74 Å². The number of amides is 1. The Morgan fingerprint density at radius 3 is 2.29 bits per heavy atom. The topological polar surface area (TPSA) is 75.9 Å². The summed E-state index contributed by atoms with van der Waals surface area (Å²) in [6.45, 7) is 2.68. The average molecular weight is 415 g/mol. The van der Waals surface area contributed by atoms with Crippen molar-refractivity contribution in [2.24, 2.45) is 0 Å². The van der Waals surface area contributed by atoms with Crippen LogP contribution in [0.1, 0.15) is 15.2 Å². The highest BCUT2D eigenvalue weighted by molar-refractivity contribution is 7.17. The van der Waals surface area contributed by atoms with Crippen molar-refractivity contribution in [3.63, 3.8) is 0 Å². The normalized spacial score (nSPS) is 15.5. The predicted molar refractivity (Wildman–Crippen MR) is 95.3 cm³/mol. The minimum Gasteiger partial charge on any atom is -0.406 e. The molecule has 2 heterocycles. The number of nitrogens with zero attached hydrogens (tertiary/aromatic N) is 3. The van der Waals surface area contributed by atoms with Crippen molar-refractivity contribution in [1.29, 1.82) is 0 Å². The van der Waals surface area contributed by atoms with Crippen molar-refractivity contribution in [1.82, 2.24) is 9.80 Å². The Morgan fingerprint density at radius 2 is 1.75 bits per heavy atom. The van der Waals surface area contributed by atoms with Crippen molar-refractivity contribution in [2.45, 2.75) is 12.9 Å². The summed E-state index contributed by atoms with van der Waals surface area (Å²) >= 11 is 0.855. The van der Waals surface area contributed by atoms with Crippen LogP contribution in [0.25, 0.3) is 0 Å². The highest BCUT2D eigenvalue weighted by Gasteiger charge is 2.31. The first-order valence-corrected chi connectivity index (χ1v) is 9.13. The lowest BCUT2D eigenvalue weighted by molar-refractivity contribution is -0.380. The number of carbonyl (C=O) groups excluding carboxylic acids is 1. The zero-order valence-corrected chi connectivity index (χ0v) is 15.3. The average Bonchev–Trinajstić information content (AvgIpc) is 3.13. The second kappa shape index (κ2) is 8.15. The molecule has 0 radical (unpaired) electrons. The Hall–Kier alpha value is -2.66. The number of hydrogen-bond acceptors (Lipinski definition) is 6. The molecule has 1 aromatic carbocycles. The molecule has 0 saturated carbocycles. The van der Waals surface area contributed by atoms with E-state index in [9.17, 15) is 28.1 Å². The first-order valence-electron chi connectivity index (χ1n) is 8.32. The molecule has 11 heteroatoms. The number of benzene rings is 1. The zero-order valence-electron chi connectivity index (χ0n) is 14.5. The number of hydrogen-bond donors (Lipinski definition) is 0. The fourth-order valence-corrected chi connectivity index (χ4v) is 3.65. The Morgan fingerprint density at radius 1 is 1.11 bits per heavy atom. The molecular formula is C17H16F3N3O4S. The number of nitro groups is 1. The monoisotopic (exact) mass is 415 g/mol. The van der Waals surface area contributed by atoms with E-state index in [1.807, 2.05) is 0 Å². The number of ether oxygens (including phenoxy) is 1. The van der Waals surface area contributed by atoms with Crippen molar-refractivity contribution in [3.8, 4) is 5.75 Å². The summed E-state index contributed by atoms with van der Waals surface area (Å²) in [5, 5.41) is 10.7. The van der Waals surface area contributed by atoms with E-state index in [2.05, 4.69) is 9.64 Å². The first-order chi connectivity index (χ1) is 13.2. The quantitative estimate of drug-likeness (QED) is 0.552. The molecule has 1 saturated heterocycles. The Kier molecular flexibility index (Phi) is 5.84. The molecule has 0 aliphatic carbocycles. The van der Waals surface area contributed by atoms with Crippen molar-refractivity contribution >= 4 is 22.2 Å². The van der Waals surface area contributed by atoms with Crippen LogP contribution in [0.15, 0.2) is 36.4 Å². The number of piperazine rings is 1. The van der Waals surface area contributed by atoms with Gasteiger partial charge in [0, 0.05) is 38.8 Å². The minimum absolute atomic E-state index is 0.0695. The van der Waals surface area contributed by atoms with Gasteiger partial charge in [-0.3, -0.25) is 19.8 Å². The van der Waals surface area contributed by atoms with Crippen LogP contribution in [0.3, 0.4) is 0 Å². The van der Waals surface area contributed by atoms with E-state index >= 15 is 0 Å². The second-order valence-electron chi connectivity index (χ2n) is 6.16. The SMILES string of the molecule is O=C(c1ccc([N+](=O)[O-])s1)N1CCN(Cc2ccc(OC(F)(F)F)cc2)CC1. The van der Waals surface area contributed by atoms with Gasteiger partial charge in [-0.2, -0.15) is 0 Å². The van der Waals surface area contributed by atoms with Gasteiger partial charge in [0.25, 0.3) is 5.91 Å². The van der Waals surface area contributed by atoms with Crippen molar-refractivity contribution in [2.75, 3.05) is 26.2 Å². The molecule has 0 unspecified atom stereocenters. The lowest BCUT2D eigenvalue weighted by Gasteiger charge is -2.34. The molecule has 2 aromatic rings. The van der Waals surface area contributed by atoms with Crippen LogP contribution in [-0.2, 0) is 6.54 Å². The zero-order chi connectivity index (χ0) is 20.3. The largest absolute Gasteiger partial charge is 0.573 e. The summed E-state index contributed by atoms with van der Waals surface area (Å²) in [6.07, 6.45) is -4.71. The summed E-state index contributed by atoms with van der Waals surface area (Å²) in [6, 6.07) is 8.47. The van der Waals surface area contributed by atoms with Gasteiger partial charge in [0.05, 0.1) is 9.80 Å². The highest BCUT2D eigenvalue weighted by atomic mass is 32.1. The summed E-state index contributed by atoms with van der Waals surface area (Å²) in [5.41, 5.74) is 0.836. The van der Waals surface area contributed by atoms with E-state index in [-0.39, 0.29) is 16.7 Å². The van der Waals surface area contributed by atoms with Crippen LogP contribution in [0.5, 0.6) is 5.75 Å².